The SMILES string of the molecule is CCC1CC(C(=O)NCCNC(=O)CCOC)C[C@@H](O[C@@H]2O[C@@H](CO)[C@H](O)C(O[C@@H](CC3CCCCC3)C(=O)O)C2NC(C)=O)[C@@H]1OC1O[C@@H](C)[C@H](O)C(O)[C@@H]1O. The first kappa shape index (κ1) is 47.1. The van der Waals surface area contributed by atoms with Crippen LogP contribution in [0.2, 0.25) is 0 Å². The molecule has 2 saturated heterocycles. The number of carboxylic acids is 1. The van der Waals surface area contributed by atoms with Crippen LogP contribution in [0.15, 0.2) is 0 Å². The Morgan fingerprint density at radius 1 is 0.860 bits per heavy atom. The molecule has 2 aliphatic heterocycles. The van der Waals surface area contributed by atoms with Gasteiger partial charge in [-0.3, -0.25) is 14.4 Å². The summed E-state index contributed by atoms with van der Waals surface area (Å²) in [6.07, 6.45) is -10.4. The average Bonchev–Trinajstić information content (AvgIpc) is 3.19. The molecule has 4 rings (SSSR count). The molecule has 4 aliphatic rings. The fourth-order valence-electron chi connectivity index (χ4n) is 8.39. The van der Waals surface area contributed by atoms with Crippen LogP contribution in [0.25, 0.3) is 0 Å². The zero-order valence-electron chi connectivity index (χ0n) is 33.4. The van der Waals surface area contributed by atoms with Crippen LogP contribution in [0, 0.1) is 17.8 Å². The fraction of sp³-hybridized carbons (Fsp3) is 0.895. The predicted molar refractivity (Wildman–Crippen MR) is 198 cm³/mol. The molecule has 0 aromatic carbocycles. The molecule has 0 radical (unpaired) electrons. The highest BCUT2D eigenvalue weighted by molar-refractivity contribution is 5.79. The van der Waals surface area contributed by atoms with Crippen molar-refractivity contribution in [2.24, 2.45) is 17.8 Å². The van der Waals surface area contributed by atoms with Gasteiger partial charge in [0.05, 0.1) is 31.5 Å². The Kier molecular flexibility index (Phi) is 18.8. The van der Waals surface area contributed by atoms with E-state index in [4.69, 9.17) is 28.4 Å². The maximum Gasteiger partial charge on any atom is 0.332 e. The van der Waals surface area contributed by atoms with Gasteiger partial charge in [0, 0.05) is 39.5 Å². The smallest absolute Gasteiger partial charge is 0.332 e. The summed E-state index contributed by atoms with van der Waals surface area (Å²) >= 11 is 0. The summed E-state index contributed by atoms with van der Waals surface area (Å²) in [5.41, 5.74) is 0. The molecule has 3 amide bonds. The molecule has 9 N–H and O–H groups in total. The summed E-state index contributed by atoms with van der Waals surface area (Å²) in [6.45, 7) is 4.44. The number of hydrogen-bond acceptors (Lipinski definition) is 15. The Morgan fingerprint density at radius 2 is 1.56 bits per heavy atom. The van der Waals surface area contributed by atoms with Gasteiger partial charge in [-0.05, 0) is 38.0 Å². The van der Waals surface area contributed by atoms with Crippen LogP contribution in [-0.2, 0) is 47.6 Å². The van der Waals surface area contributed by atoms with E-state index in [2.05, 4.69) is 16.0 Å². The Labute approximate surface area is 333 Å². The number of carbonyl (C=O) groups is 4. The lowest BCUT2D eigenvalue weighted by Crippen LogP contribution is -2.67. The summed E-state index contributed by atoms with van der Waals surface area (Å²) in [7, 11) is 1.49. The van der Waals surface area contributed by atoms with Gasteiger partial charge in [-0.15, -0.1) is 0 Å². The Morgan fingerprint density at radius 3 is 2.19 bits per heavy atom. The number of carboxylic acid groups (broad SMARTS) is 1. The highest BCUT2D eigenvalue weighted by Gasteiger charge is 2.53. The normalized spacial score (nSPS) is 36.9. The van der Waals surface area contributed by atoms with Crippen LogP contribution < -0.4 is 16.0 Å². The molecule has 0 bridgehead atoms. The van der Waals surface area contributed by atoms with Gasteiger partial charge in [-0.25, -0.2) is 4.79 Å². The van der Waals surface area contributed by atoms with Gasteiger partial charge in [0.25, 0.3) is 0 Å². The number of methoxy groups -OCH3 is 1. The van der Waals surface area contributed by atoms with Crippen LogP contribution in [0.1, 0.15) is 85.0 Å². The summed E-state index contributed by atoms with van der Waals surface area (Å²) in [6, 6.07) is -1.31. The van der Waals surface area contributed by atoms with Crippen molar-refractivity contribution in [2.75, 3.05) is 33.4 Å². The van der Waals surface area contributed by atoms with Crippen molar-refractivity contribution in [3.05, 3.63) is 0 Å². The first-order chi connectivity index (χ1) is 27.2. The van der Waals surface area contributed by atoms with Crippen molar-refractivity contribution in [3.8, 4) is 0 Å². The van der Waals surface area contributed by atoms with Crippen LogP contribution >= 0.6 is 0 Å². The van der Waals surface area contributed by atoms with Crippen LogP contribution in [0.5, 0.6) is 0 Å². The van der Waals surface area contributed by atoms with Crippen molar-refractivity contribution in [1.29, 1.82) is 0 Å². The predicted octanol–water partition coefficient (Wildman–Crippen LogP) is -1.32. The van der Waals surface area contributed by atoms with Gasteiger partial charge in [0.2, 0.25) is 17.7 Å². The number of ether oxygens (including phenoxy) is 6. The number of carbonyl (C=O) groups excluding carboxylic acids is 3. The molecule has 2 aliphatic carbocycles. The van der Waals surface area contributed by atoms with Crippen molar-refractivity contribution in [1.82, 2.24) is 16.0 Å². The molecule has 19 nitrogen and oxygen atoms in total. The van der Waals surface area contributed by atoms with E-state index >= 15 is 0 Å². The van der Waals surface area contributed by atoms with Crippen LogP contribution in [0.3, 0.4) is 0 Å². The second-order valence-electron chi connectivity index (χ2n) is 15.8. The molecule has 328 valence electrons. The average molecular weight is 820 g/mol. The fourth-order valence-corrected chi connectivity index (χ4v) is 8.39. The van der Waals surface area contributed by atoms with E-state index in [9.17, 15) is 49.8 Å². The molecule has 0 spiro atoms. The third-order valence-electron chi connectivity index (χ3n) is 11.6. The molecular formula is C38H65N3O16. The molecule has 19 heteroatoms. The van der Waals surface area contributed by atoms with Crippen molar-refractivity contribution in [2.45, 2.75) is 165 Å². The molecule has 15 atom stereocenters. The maximum atomic E-state index is 13.6. The number of rotatable bonds is 19. The van der Waals surface area contributed by atoms with Crippen molar-refractivity contribution in [3.63, 3.8) is 0 Å². The van der Waals surface area contributed by atoms with Crippen LogP contribution in [-0.4, -0.2) is 167 Å². The van der Waals surface area contributed by atoms with Gasteiger partial charge < -0.3 is 75.0 Å². The van der Waals surface area contributed by atoms with E-state index in [0.29, 0.717) is 12.8 Å². The summed E-state index contributed by atoms with van der Waals surface area (Å²) < 4.78 is 35.9. The van der Waals surface area contributed by atoms with E-state index in [1.165, 1.54) is 21.0 Å². The molecule has 6 unspecified atom stereocenters. The van der Waals surface area contributed by atoms with Crippen molar-refractivity contribution >= 4 is 23.7 Å². The summed E-state index contributed by atoms with van der Waals surface area (Å²) in [4.78, 5) is 50.9. The Bertz CT molecular complexity index is 1290. The van der Waals surface area contributed by atoms with Gasteiger partial charge in [0.15, 0.2) is 18.7 Å². The van der Waals surface area contributed by atoms with Gasteiger partial charge in [-0.1, -0.05) is 45.4 Å². The van der Waals surface area contributed by atoms with E-state index < -0.39 is 110 Å². The number of nitrogens with one attached hydrogen (secondary N) is 3. The third kappa shape index (κ3) is 13.0. The lowest BCUT2D eigenvalue weighted by atomic mass is 9.75. The first-order valence-corrected chi connectivity index (χ1v) is 20.3. The monoisotopic (exact) mass is 819 g/mol. The largest absolute Gasteiger partial charge is 0.479 e. The maximum absolute atomic E-state index is 13.6. The van der Waals surface area contributed by atoms with E-state index in [-0.39, 0.29) is 56.7 Å². The third-order valence-corrected chi connectivity index (χ3v) is 11.6. The number of amides is 3. The lowest BCUT2D eigenvalue weighted by molar-refractivity contribution is -0.338. The van der Waals surface area contributed by atoms with E-state index in [0.717, 1.165) is 32.1 Å². The topological polar surface area (TPSA) is 281 Å². The summed E-state index contributed by atoms with van der Waals surface area (Å²) in [5.74, 6) is -3.42. The Balaban J connectivity index is 1.62. The summed E-state index contributed by atoms with van der Waals surface area (Å²) in [5, 5.41) is 72.0. The molecule has 0 aromatic heterocycles. The molecule has 2 heterocycles. The molecular weight excluding hydrogens is 754 g/mol. The van der Waals surface area contributed by atoms with Crippen molar-refractivity contribution < 1.29 is 78.2 Å². The van der Waals surface area contributed by atoms with Gasteiger partial charge in [-0.2, -0.15) is 0 Å². The second-order valence-corrected chi connectivity index (χ2v) is 15.8. The highest BCUT2D eigenvalue weighted by Crippen LogP contribution is 2.40. The lowest BCUT2D eigenvalue weighted by Gasteiger charge is -2.49. The minimum Gasteiger partial charge on any atom is -0.479 e. The second kappa shape index (κ2) is 22.7. The van der Waals surface area contributed by atoms with Gasteiger partial charge >= 0.3 is 5.97 Å². The zero-order valence-corrected chi connectivity index (χ0v) is 33.4. The number of aliphatic hydroxyl groups is 5. The first-order valence-electron chi connectivity index (χ1n) is 20.3. The quantitative estimate of drug-likeness (QED) is 0.0684. The minimum absolute atomic E-state index is 0.000691. The molecule has 57 heavy (non-hydrogen) atoms. The zero-order chi connectivity index (χ0) is 41.8. The van der Waals surface area contributed by atoms with E-state index in [1.54, 1.807) is 0 Å². The standard InChI is InChI=1S/C38H65N3O16/c1-5-22-16-23(35(49)40-13-12-39-27(44)11-14-52-4)17-24(33(22)57-38-32(48)31(47)29(45)19(2)53-38)55-37-28(41-20(3)43)34(30(46)26(18-42)56-37)54-25(36(50)51)15-21-9-7-6-8-10-21/h19,21-26,28-34,37-38,42,45-48H,5-18H2,1-4H3,(H,39,44)(H,40,49)(H,41,43)(H,50,51)/t19-,22?,23?,24+,25-,26-,28?,29-,30-,31?,32-,33+,34?,37+,38?/m0/s1. The molecule has 2 saturated carbocycles. The number of aliphatic hydroxyl groups excluding tert-OH is 5. The minimum atomic E-state index is -1.66. The number of aliphatic carboxylic acids is 1. The highest BCUT2D eigenvalue weighted by atomic mass is 16.7. The Hall–Kier alpha value is -2.56. The molecule has 4 fully saturated rings. The van der Waals surface area contributed by atoms with E-state index in [1.807, 2.05) is 6.92 Å². The molecule has 0 aromatic rings. The number of hydrogen-bond donors (Lipinski definition) is 9. The van der Waals surface area contributed by atoms with Crippen LogP contribution in [0.4, 0.5) is 0 Å². The van der Waals surface area contributed by atoms with Gasteiger partial charge in [0.1, 0.15) is 42.7 Å².